The molecule has 0 atom stereocenters. The molecule has 0 amide bonds. The Morgan fingerprint density at radius 3 is 2.92 bits per heavy atom. The van der Waals surface area contributed by atoms with Gasteiger partial charge in [-0.15, -0.1) is 11.8 Å². The summed E-state index contributed by atoms with van der Waals surface area (Å²) in [6.07, 6.45) is 7.31. The third kappa shape index (κ3) is 4.91. The lowest BCUT2D eigenvalue weighted by Gasteiger charge is -2.37. The van der Waals surface area contributed by atoms with Crippen molar-refractivity contribution in [3.63, 3.8) is 0 Å². The quantitative estimate of drug-likeness (QED) is 0.507. The first-order valence-electron chi connectivity index (χ1n) is 13.0. The van der Waals surface area contributed by atoms with Crippen LogP contribution in [0.4, 0.5) is 5.69 Å². The zero-order valence-electron chi connectivity index (χ0n) is 20.8. The van der Waals surface area contributed by atoms with Gasteiger partial charge in [0.05, 0.1) is 36.8 Å². The standard InChI is InChI=1S/C29H33N3O3S/c1-34-24-7-8-26-25(14-24)29-27(16-31-26)35-11-10-32(29)17-19-2-5-22(6-3-19)30-15-20-4-9-28-21(12-20)13-23(33)18-36-28/h4,7-9,12,14,16,19,22,30H,2-3,5-6,10-11,13,15,17-18H2,1H3. The number of carbonyl (C=O) groups excluding carboxylic acids is 1. The Kier molecular flexibility index (Phi) is 6.76. The number of anilines is 1. The Bertz CT molecular complexity index is 1270. The van der Waals surface area contributed by atoms with E-state index in [9.17, 15) is 4.79 Å². The smallest absolute Gasteiger partial charge is 0.161 e. The first-order chi connectivity index (χ1) is 17.7. The summed E-state index contributed by atoms with van der Waals surface area (Å²) in [4.78, 5) is 20.2. The molecule has 2 aromatic carbocycles. The highest BCUT2D eigenvalue weighted by molar-refractivity contribution is 8.00. The molecule has 0 saturated heterocycles. The molecule has 0 unspecified atom stereocenters. The molecular formula is C29H33N3O3S. The molecule has 3 aromatic rings. The van der Waals surface area contributed by atoms with E-state index < -0.39 is 0 Å². The van der Waals surface area contributed by atoms with Gasteiger partial charge in [-0.2, -0.15) is 0 Å². The van der Waals surface area contributed by atoms with E-state index in [0.29, 0.717) is 36.5 Å². The number of hydrogen-bond acceptors (Lipinski definition) is 7. The molecule has 188 valence electrons. The number of pyridine rings is 1. The molecule has 7 heteroatoms. The normalized spacial score (nSPS) is 21.6. The summed E-state index contributed by atoms with van der Waals surface area (Å²) >= 11 is 1.67. The first kappa shape index (κ1) is 23.6. The average Bonchev–Trinajstić information content (AvgIpc) is 2.92. The second-order valence-corrected chi connectivity index (χ2v) is 11.2. The first-order valence-corrected chi connectivity index (χ1v) is 14.0. The van der Waals surface area contributed by atoms with Gasteiger partial charge >= 0.3 is 0 Å². The van der Waals surface area contributed by atoms with Gasteiger partial charge in [-0.3, -0.25) is 9.78 Å². The van der Waals surface area contributed by atoms with Crippen molar-refractivity contribution >= 4 is 34.1 Å². The number of Topliss-reactive ketones (excluding diaryl/α,β-unsaturated/α-hetero) is 1. The number of hydrogen-bond donors (Lipinski definition) is 1. The molecule has 1 saturated carbocycles. The van der Waals surface area contributed by atoms with Crippen molar-refractivity contribution in [1.82, 2.24) is 10.3 Å². The van der Waals surface area contributed by atoms with Crippen molar-refractivity contribution in [3.8, 4) is 11.5 Å². The van der Waals surface area contributed by atoms with Crippen LogP contribution in [0.3, 0.4) is 0 Å². The van der Waals surface area contributed by atoms with Crippen molar-refractivity contribution in [2.75, 3.05) is 37.5 Å². The molecule has 6 nitrogen and oxygen atoms in total. The van der Waals surface area contributed by atoms with Gasteiger partial charge in [-0.25, -0.2) is 0 Å². The SMILES string of the molecule is COc1ccc2ncc3c(c2c1)N(CC1CCC(NCc2ccc4c(c2)CC(=O)CS4)CC1)CCO3. The minimum atomic E-state index is 0.335. The van der Waals surface area contributed by atoms with Crippen LogP contribution in [0.15, 0.2) is 47.5 Å². The fraction of sp³-hybridized carbons (Fsp3) is 0.448. The average molecular weight is 504 g/mol. The molecule has 3 aliphatic rings. The highest BCUT2D eigenvalue weighted by Crippen LogP contribution is 2.40. The van der Waals surface area contributed by atoms with E-state index in [2.05, 4.69) is 39.5 Å². The van der Waals surface area contributed by atoms with E-state index in [0.717, 1.165) is 47.7 Å². The van der Waals surface area contributed by atoms with Crippen LogP contribution in [0.25, 0.3) is 10.9 Å². The molecule has 1 aliphatic carbocycles. The fourth-order valence-electron chi connectivity index (χ4n) is 5.82. The summed E-state index contributed by atoms with van der Waals surface area (Å²) in [6.45, 7) is 3.53. The van der Waals surface area contributed by atoms with Crippen molar-refractivity contribution in [2.45, 2.75) is 49.6 Å². The van der Waals surface area contributed by atoms with Crippen molar-refractivity contribution in [3.05, 3.63) is 53.7 Å². The Morgan fingerprint density at radius 1 is 1.17 bits per heavy atom. The molecule has 0 radical (unpaired) electrons. The van der Waals surface area contributed by atoms with E-state index in [1.807, 2.05) is 18.3 Å². The number of fused-ring (bicyclic) bond motifs is 4. The lowest BCUT2D eigenvalue weighted by Crippen LogP contribution is -2.40. The summed E-state index contributed by atoms with van der Waals surface area (Å²) in [6, 6.07) is 13.3. The second-order valence-electron chi connectivity index (χ2n) is 10.2. The van der Waals surface area contributed by atoms with Crippen molar-refractivity contribution < 1.29 is 14.3 Å². The Balaban J connectivity index is 1.07. The van der Waals surface area contributed by atoms with Crippen LogP contribution in [-0.2, 0) is 17.8 Å². The van der Waals surface area contributed by atoms with Gasteiger partial charge in [0.25, 0.3) is 0 Å². The van der Waals surface area contributed by atoms with Gasteiger partial charge in [-0.1, -0.05) is 12.1 Å². The maximum Gasteiger partial charge on any atom is 0.161 e. The van der Waals surface area contributed by atoms with Gasteiger partial charge in [0, 0.05) is 35.8 Å². The number of methoxy groups -OCH3 is 1. The van der Waals surface area contributed by atoms with Gasteiger partial charge in [0.1, 0.15) is 18.1 Å². The number of ketones is 1. The van der Waals surface area contributed by atoms with Crippen LogP contribution < -0.4 is 19.7 Å². The zero-order valence-corrected chi connectivity index (χ0v) is 21.6. The van der Waals surface area contributed by atoms with Crippen molar-refractivity contribution in [1.29, 1.82) is 0 Å². The minimum Gasteiger partial charge on any atom is -0.497 e. The van der Waals surface area contributed by atoms with Crippen molar-refractivity contribution in [2.24, 2.45) is 5.92 Å². The molecule has 1 aromatic heterocycles. The summed E-state index contributed by atoms with van der Waals surface area (Å²) < 4.78 is 11.5. The number of nitrogens with zero attached hydrogens (tertiary/aromatic N) is 2. The molecule has 2 aliphatic heterocycles. The molecular weight excluding hydrogens is 470 g/mol. The number of nitrogens with one attached hydrogen (secondary N) is 1. The molecule has 0 bridgehead atoms. The summed E-state index contributed by atoms with van der Waals surface area (Å²) in [5, 5.41) is 4.89. The largest absolute Gasteiger partial charge is 0.497 e. The van der Waals surface area contributed by atoms with E-state index in [-0.39, 0.29) is 0 Å². The minimum absolute atomic E-state index is 0.335. The summed E-state index contributed by atoms with van der Waals surface area (Å²) in [5.74, 6) is 3.35. The van der Waals surface area contributed by atoms with E-state index in [4.69, 9.17) is 9.47 Å². The summed E-state index contributed by atoms with van der Waals surface area (Å²) in [7, 11) is 1.70. The lowest BCUT2D eigenvalue weighted by atomic mass is 9.85. The third-order valence-corrected chi connectivity index (χ3v) is 8.95. The Hall–Kier alpha value is -2.77. The van der Waals surface area contributed by atoms with E-state index in [1.165, 1.54) is 41.7 Å². The zero-order chi connectivity index (χ0) is 24.5. The topological polar surface area (TPSA) is 63.7 Å². The van der Waals surface area contributed by atoms with Crippen LogP contribution in [0, 0.1) is 5.92 Å². The number of ether oxygens (including phenoxy) is 2. The maximum absolute atomic E-state index is 11.8. The highest BCUT2D eigenvalue weighted by atomic mass is 32.2. The van der Waals surface area contributed by atoms with Crippen LogP contribution in [0.5, 0.6) is 11.5 Å². The van der Waals surface area contributed by atoms with Crippen LogP contribution in [0.2, 0.25) is 0 Å². The van der Waals surface area contributed by atoms with E-state index in [1.54, 1.807) is 18.9 Å². The molecule has 0 spiro atoms. The number of thioether (sulfide) groups is 1. The monoisotopic (exact) mass is 503 g/mol. The number of aromatic nitrogens is 1. The van der Waals surface area contributed by atoms with Gasteiger partial charge in [0.15, 0.2) is 5.75 Å². The number of benzene rings is 2. The Morgan fingerprint density at radius 2 is 2.06 bits per heavy atom. The fourth-order valence-corrected chi connectivity index (χ4v) is 6.72. The molecule has 1 N–H and O–H groups in total. The third-order valence-electron chi connectivity index (χ3n) is 7.77. The molecule has 1 fully saturated rings. The number of rotatable bonds is 6. The predicted octanol–water partition coefficient (Wildman–Crippen LogP) is 5.01. The van der Waals surface area contributed by atoms with E-state index >= 15 is 0 Å². The summed E-state index contributed by atoms with van der Waals surface area (Å²) in [5.41, 5.74) is 4.62. The van der Waals surface area contributed by atoms with Gasteiger partial charge < -0.3 is 19.7 Å². The van der Waals surface area contributed by atoms with Gasteiger partial charge in [0.2, 0.25) is 0 Å². The number of carbonyl (C=O) groups is 1. The lowest BCUT2D eigenvalue weighted by molar-refractivity contribution is -0.116. The maximum atomic E-state index is 11.8. The van der Waals surface area contributed by atoms with Gasteiger partial charge in [-0.05, 0) is 67.0 Å². The molecule has 36 heavy (non-hydrogen) atoms. The predicted molar refractivity (Wildman–Crippen MR) is 144 cm³/mol. The highest BCUT2D eigenvalue weighted by Gasteiger charge is 2.27. The van der Waals surface area contributed by atoms with Crippen LogP contribution in [-0.4, -0.2) is 49.4 Å². The second kappa shape index (κ2) is 10.3. The molecule has 3 heterocycles. The van der Waals surface area contributed by atoms with Crippen LogP contribution in [0.1, 0.15) is 36.8 Å². The Labute approximate surface area is 216 Å². The van der Waals surface area contributed by atoms with Crippen LogP contribution >= 0.6 is 11.8 Å². The molecule has 6 rings (SSSR count).